The van der Waals surface area contributed by atoms with Gasteiger partial charge in [-0.25, -0.2) is 0 Å². The minimum absolute atomic E-state index is 0.0938. The molecule has 0 saturated carbocycles. The molecule has 0 fully saturated rings. The summed E-state index contributed by atoms with van der Waals surface area (Å²) in [6.07, 6.45) is 14.4. The minimum atomic E-state index is -0.961. The predicted molar refractivity (Wildman–Crippen MR) is 159 cm³/mol. The normalized spacial score (nSPS) is 10.6. The molecule has 0 aromatic heterocycles. The Bertz CT molecular complexity index is 934. The fourth-order valence-electron chi connectivity index (χ4n) is 4.18. The number of carboxylic acids is 1. The van der Waals surface area contributed by atoms with Crippen molar-refractivity contribution in [3.8, 4) is 5.75 Å². The van der Waals surface area contributed by atoms with Crippen molar-refractivity contribution in [1.29, 1.82) is 0 Å². The molecule has 0 N–H and O–H groups in total. The highest BCUT2D eigenvalue weighted by Gasteiger charge is 2.28. The lowest BCUT2D eigenvalue weighted by Gasteiger charge is -2.10. The number of carboxylic acid groups (broad SMARTS) is 1. The summed E-state index contributed by atoms with van der Waals surface area (Å²) < 4.78 is 6.03. The number of rotatable bonds is 17. The van der Waals surface area contributed by atoms with Gasteiger partial charge in [0.15, 0.2) is 14.7 Å². The van der Waals surface area contributed by atoms with Gasteiger partial charge < -0.3 is 14.6 Å². The molecule has 38 heavy (non-hydrogen) atoms. The third-order valence-electron chi connectivity index (χ3n) is 6.24. The number of hydrogen-bond donors (Lipinski definition) is 0. The first kappa shape index (κ1) is 31.5. The average molecular weight is 535 g/mol. The Morgan fingerprint density at radius 1 is 0.605 bits per heavy atom. The zero-order chi connectivity index (χ0) is 27.3. The zero-order valence-corrected chi connectivity index (χ0v) is 24.2. The molecule has 0 atom stereocenters. The Kier molecular flexibility index (Phi) is 16.8. The van der Waals surface area contributed by atoms with Crippen LogP contribution in [0.25, 0.3) is 0 Å². The van der Waals surface area contributed by atoms with Crippen molar-refractivity contribution in [2.75, 3.05) is 6.61 Å². The molecule has 3 rings (SSSR count). The van der Waals surface area contributed by atoms with Crippen molar-refractivity contribution < 1.29 is 14.6 Å². The number of ether oxygens (including phenoxy) is 1. The average Bonchev–Trinajstić information content (AvgIpc) is 2.94. The quantitative estimate of drug-likeness (QED) is 0.129. The van der Waals surface area contributed by atoms with Gasteiger partial charge in [0.1, 0.15) is 5.75 Å². The minimum Gasteiger partial charge on any atom is -0.550 e. The monoisotopic (exact) mass is 534 g/mol. The van der Waals surface area contributed by atoms with Gasteiger partial charge in [-0.1, -0.05) is 114 Å². The summed E-state index contributed by atoms with van der Waals surface area (Å²) in [6.45, 7) is 4.90. The van der Waals surface area contributed by atoms with Crippen molar-refractivity contribution in [3.63, 3.8) is 0 Å². The lowest BCUT2D eigenvalue weighted by Crippen LogP contribution is -2.20. The Morgan fingerprint density at radius 3 is 1.47 bits per heavy atom. The second-order valence-electron chi connectivity index (χ2n) is 9.56. The summed E-state index contributed by atoms with van der Waals surface area (Å²) >= 11 is 0. The van der Waals surface area contributed by atoms with E-state index in [0.29, 0.717) is 6.42 Å². The smallest absolute Gasteiger partial charge is 0.166 e. The van der Waals surface area contributed by atoms with E-state index in [2.05, 4.69) is 91.9 Å². The van der Waals surface area contributed by atoms with E-state index in [1.165, 1.54) is 72.5 Å². The van der Waals surface area contributed by atoms with E-state index in [1.54, 1.807) is 6.92 Å². The lowest BCUT2D eigenvalue weighted by atomic mass is 10.1. The van der Waals surface area contributed by atoms with Crippen molar-refractivity contribution in [2.45, 2.75) is 106 Å². The zero-order valence-electron chi connectivity index (χ0n) is 23.4. The Balaban J connectivity index is 0.000000757. The maximum atomic E-state index is 9.49. The molecule has 3 aromatic carbocycles. The van der Waals surface area contributed by atoms with Gasteiger partial charge >= 0.3 is 0 Å². The highest BCUT2D eigenvalue weighted by molar-refractivity contribution is 7.97. The largest absolute Gasteiger partial charge is 0.550 e. The van der Waals surface area contributed by atoms with Gasteiger partial charge in [-0.2, -0.15) is 0 Å². The van der Waals surface area contributed by atoms with E-state index in [9.17, 15) is 9.90 Å². The number of aliphatic carboxylic acids is 1. The Hall–Kier alpha value is -2.72. The number of benzene rings is 3. The van der Waals surface area contributed by atoms with Crippen molar-refractivity contribution in [2.24, 2.45) is 0 Å². The SMILES string of the molecule is CCCC(=O)[O-].CCCCCCCCCCCCOc1ccc([S+](c2ccccc2)c2ccccc2)cc1. The summed E-state index contributed by atoms with van der Waals surface area (Å²) in [5.74, 6) is 0.0202. The summed E-state index contributed by atoms with van der Waals surface area (Å²) in [7, 11) is -0.0938. The van der Waals surface area contributed by atoms with Gasteiger partial charge in [-0.3, -0.25) is 0 Å². The summed E-state index contributed by atoms with van der Waals surface area (Å²) in [5.41, 5.74) is 0. The van der Waals surface area contributed by atoms with E-state index < -0.39 is 5.97 Å². The van der Waals surface area contributed by atoms with Gasteiger partial charge in [0, 0.05) is 5.97 Å². The summed E-state index contributed by atoms with van der Waals surface area (Å²) in [6, 6.07) is 30.3. The van der Waals surface area contributed by atoms with Gasteiger partial charge in [-0.05, 0) is 61.4 Å². The van der Waals surface area contributed by atoms with Crippen molar-refractivity contribution >= 4 is 16.9 Å². The molecule has 0 bridgehead atoms. The van der Waals surface area contributed by atoms with Crippen LogP contribution in [0.1, 0.15) is 90.9 Å². The molecule has 206 valence electrons. The summed E-state index contributed by atoms with van der Waals surface area (Å²) in [5, 5.41) is 9.49. The molecule has 0 aliphatic carbocycles. The standard InChI is InChI=1S/C30H39OS.C4H8O2/c1-2-3-4-5-6-7-8-9-10-17-26-31-27-22-24-30(25-23-27)32(28-18-13-11-14-19-28)29-20-15-12-16-21-29;1-2-3-4(5)6/h11-16,18-25H,2-10,17,26H2,1H3;2-3H2,1H3,(H,5,6)/q+1;/p-1. The van der Waals surface area contributed by atoms with Crippen LogP contribution in [0.3, 0.4) is 0 Å². The predicted octanol–water partition coefficient (Wildman–Crippen LogP) is 8.62. The topological polar surface area (TPSA) is 49.4 Å². The van der Waals surface area contributed by atoms with E-state index in [0.717, 1.165) is 18.8 Å². The third kappa shape index (κ3) is 13.2. The Labute approximate surface area is 234 Å². The highest BCUT2D eigenvalue weighted by atomic mass is 32.2. The molecule has 0 unspecified atom stereocenters. The van der Waals surface area contributed by atoms with Crippen LogP contribution in [-0.2, 0) is 15.7 Å². The first-order valence-corrected chi connectivity index (χ1v) is 15.6. The lowest BCUT2D eigenvalue weighted by molar-refractivity contribution is -0.305. The van der Waals surface area contributed by atoms with Crippen molar-refractivity contribution in [3.05, 3.63) is 84.9 Å². The second-order valence-corrected chi connectivity index (χ2v) is 11.6. The van der Waals surface area contributed by atoms with Gasteiger partial charge in [0.2, 0.25) is 0 Å². The van der Waals surface area contributed by atoms with Crippen LogP contribution >= 0.6 is 0 Å². The van der Waals surface area contributed by atoms with Gasteiger partial charge in [0.25, 0.3) is 0 Å². The van der Waals surface area contributed by atoms with Crippen LogP contribution in [0.4, 0.5) is 0 Å². The van der Waals surface area contributed by atoms with E-state index in [1.807, 2.05) is 0 Å². The molecule has 0 saturated heterocycles. The van der Waals surface area contributed by atoms with Crippen LogP contribution in [0.5, 0.6) is 5.75 Å². The van der Waals surface area contributed by atoms with Crippen LogP contribution < -0.4 is 9.84 Å². The first-order valence-electron chi connectivity index (χ1n) is 14.4. The van der Waals surface area contributed by atoms with E-state index in [4.69, 9.17) is 4.74 Å². The van der Waals surface area contributed by atoms with Gasteiger partial charge in [0.05, 0.1) is 17.5 Å². The molecule has 3 nitrogen and oxygen atoms in total. The highest BCUT2D eigenvalue weighted by Crippen LogP contribution is 2.31. The van der Waals surface area contributed by atoms with E-state index >= 15 is 0 Å². The molecular formula is C34H46O3S. The molecule has 0 aliphatic heterocycles. The Morgan fingerprint density at radius 2 is 1.05 bits per heavy atom. The van der Waals surface area contributed by atoms with Crippen LogP contribution in [-0.4, -0.2) is 12.6 Å². The summed E-state index contributed by atoms with van der Waals surface area (Å²) in [4.78, 5) is 13.5. The number of hydrogen-bond acceptors (Lipinski definition) is 3. The van der Waals surface area contributed by atoms with Crippen molar-refractivity contribution in [1.82, 2.24) is 0 Å². The molecule has 0 amide bonds. The molecule has 0 heterocycles. The fraction of sp³-hybridized carbons (Fsp3) is 0.441. The number of carbonyl (C=O) groups excluding carboxylic acids is 1. The van der Waals surface area contributed by atoms with Crippen LogP contribution in [0.15, 0.2) is 99.6 Å². The van der Waals surface area contributed by atoms with Crippen LogP contribution in [0, 0.1) is 0 Å². The fourth-order valence-corrected chi connectivity index (χ4v) is 6.26. The van der Waals surface area contributed by atoms with Gasteiger partial charge in [-0.15, -0.1) is 0 Å². The molecule has 3 aromatic rings. The van der Waals surface area contributed by atoms with E-state index in [-0.39, 0.29) is 17.3 Å². The molecule has 0 radical (unpaired) electrons. The molecule has 0 spiro atoms. The maximum absolute atomic E-state index is 9.49. The molecule has 4 heteroatoms. The maximum Gasteiger partial charge on any atom is 0.166 e. The third-order valence-corrected chi connectivity index (χ3v) is 8.47. The number of unbranched alkanes of at least 4 members (excludes halogenated alkanes) is 9. The molecular weight excluding hydrogens is 488 g/mol. The second kappa shape index (κ2) is 20.3. The van der Waals surface area contributed by atoms with Crippen LogP contribution in [0.2, 0.25) is 0 Å². The number of carbonyl (C=O) groups is 1. The molecule has 0 aliphatic rings. The first-order chi connectivity index (χ1) is 18.7.